The number of aryl methyl sites for hydroxylation is 1. The van der Waals surface area contributed by atoms with Gasteiger partial charge >= 0.3 is 0 Å². The molecule has 0 radical (unpaired) electrons. The molecule has 3 aromatic rings. The average Bonchev–Trinajstić information content (AvgIpc) is 2.78. The Labute approximate surface area is 179 Å². The molecular formula is C23H24ClN3O3. The zero-order valence-corrected chi connectivity index (χ0v) is 17.6. The van der Waals surface area contributed by atoms with Crippen molar-refractivity contribution in [2.24, 2.45) is 0 Å². The van der Waals surface area contributed by atoms with Gasteiger partial charge in [0.05, 0.1) is 5.39 Å². The predicted molar refractivity (Wildman–Crippen MR) is 117 cm³/mol. The molecule has 1 aliphatic rings. The Hall–Kier alpha value is -2.70. The SMILES string of the molecule is CCn1nc(C(=O)NCC2(c3cccc(Cl)c3)CCOCC2)c2ccccc2c1=O. The van der Waals surface area contributed by atoms with E-state index in [1.807, 2.05) is 37.3 Å². The first kappa shape index (κ1) is 20.6. The summed E-state index contributed by atoms with van der Waals surface area (Å²) < 4.78 is 6.90. The van der Waals surface area contributed by atoms with E-state index in [2.05, 4.69) is 10.4 Å². The molecule has 0 bridgehead atoms. The quantitative estimate of drug-likeness (QED) is 0.678. The van der Waals surface area contributed by atoms with Gasteiger partial charge in [-0.15, -0.1) is 0 Å². The molecule has 1 saturated heterocycles. The fraction of sp³-hybridized carbons (Fsp3) is 0.348. The standard InChI is InChI=1S/C23H24ClN3O3/c1-2-27-22(29)19-9-4-3-8-18(19)20(26-27)21(28)25-15-23(10-12-30-13-11-23)16-6-5-7-17(24)14-16/h3-9,14H,2,10-13,15H2,1H3,(H,25,28). The molecule has 1 aromatic heterocycles. The first-order chi connectivity index (χ1) is 14.5. The number of ether oxygens (including phenoxy) is 1. The summed E-state index contributed by atoms with van der Waals surface area (Å²) >= 11 is 6.24. The Morgan fingerprint density at radius 1 is 1.17 bits per heavy atom. The van der Waals surface area contributed by atoms with Crippen LogP contribution < -0.4 is 10.9 Å². The Kier molecular flexibility index (Phi) is 5.88. The highest BCUT2D eigenvalue weighted by Gasteiger charge is 2.35. The highest BCUT2D eigenvalue weighted by Crippen LogP contribution is 2.35. The van der Waals surface area contributed by atoms with Crippen LogP contribution >= 0.6 is 11.6 Å². The van der Waals surface area contributed by atoms with E-state index >= 15 is 0 Å². The molecule has 6 nitrogen and oxygen atoms in total. The van der Waals surface area contributed by atoms with Crippen molar-refractivity contribution in [3.63, 3.8) is 0 Å². The molecule has 2 heterocycles. The lowest BCUT2D eigenvalue weighted by Gasteiger charge is -2.38. The fourth-order valence-electron chi connectivity index (χ4n) is 4.10. The highest BCUT2D eigenvalue weighted by atomic mass is 35.5. The van der Waals surface area contributed by atoms with Crippen LogP contribution in [0.5, 0.6) is 0 Å². The van der Waals surface area contributed by atoms with E-state index < -0.39 is 0 Å². The number of amides is 1. The molecule has 1 fully saturated rings. The van der Waals surface area contributed by atoms with Crippen molar-refractivity contribution in [3.8, 4) is 0 Å². The zero-order valence-electron chi connectivity index (χ0n) is 16.9. The van der Waals surface area contributed by atoms with Gasteiger partial charge in [-0.3, -0.25) is 9.59 Å². The molecule has 1 amide bonds. The molecule has 0 spiro atoms. The summed E-state index contributed by atoms with van der Waals surface area (Å²) in [6.45, 7) is 3.93. The van der Waals surface area contributed by atoms with Gasteiger partial charge in [-0.1, -0.05) is 41.9 Å². The first-order valence-corrected chi connectivity index (χ1v) is 10.5. The number of halogens is 1. The number of nitrogens with one attached hydrogen (secondary N) is 1. The summed E-state index contributed by atoms with van der Waals surface area (Å²) in [5, 5.41) is 9.15. The second-order valence-corrected chi connectivity index (χ2v) is 8.04. The number of rotatable bonds is 5. The van der Waals surface area contributed by atoms with Gasteiger partial charge in [0.25, 0.3) is 11.5 Å². The smallest absolute Gasteiger partial charge is 0.274 e. The van der Waals surface area contributed by atoms with Crippen LogP contribution in [0.25, 0.3) is 10.8 Å². The average molecular weight is 426 g/mol. The normalized spacial score (nSPS) is 15.8. The van der Waals surface area contributed by atoms with Crippen molar-refractivity contribution < 1.29 is 9.53 Å². The number of nitrogens with zero attached hydrogens (tertiary/aromatic N) is 2. The Balaban J connectivity index is 1.67. The molecule has 1 N–H and O–H groups in total. The molecule has 7 heteroatoms. The highest BCUT2D eigenvalue weighted by molar-refractivity contribution is 6.30. The molecule has 0 unspecified atom stereocenters. The lowest BCUT2D eigenvalue weighted by Crippen LogP contribution is -2.45. The van der Waals surface area contributed by atoms with Crippen LogP contribution in [0.4, 0.5) is 0 Å². The zero-order chi connectivity index (χ0) is 21.1. The van der Waals surface area contributed by atoms with Crippen molar-refractivity contribution in [3.05, 3.63) is 75.2 Å². The van der Waals surface area contributed by atoms with Gasteiger partial charge in [0, 0.05) is 42.1 Å². The van der Waals surface area contributed by atoms with Crippen molar-refractivity contribution >= 4 is 28.3 Å². The second-order valence-electron chi connectivity index (χ2n) is 7.60. The van der Waals surface area contributed by atoms with Crippen molar-refractivity contribution in [2.45, 2.75) is 31.7 Å². The molecule has 4 rings (SSSR count). The molecule has 1 aliphatic heterocycles. The van der Waals surface area contributed by atoms with Gasteiger partial charge in [0.1, 0.15) is 0 Å². The third kappa shape index (κ3) is 3.85. The Bertz CT molecular complexity index is 1140. The second kappa shape index (κ2) is 8.58. The lowest BCUT2D eigenvalue weighted by molar-refractivity contribution is 0.0486. The molecular weight excluding hydrogens is 402 g/mol. The molecule has 0 atom stereocenters. The minimum absolute atomic E-state index is 0.190. The van der Waals surface area contributed by atoms with Crippen LogP contribution in [-0.2, 0) is 16.7 Å². The lowest BCUT2D eigenvalue weighted by atomic mass is 9.74. The van der Waals surface area contributed by atoms with Crippen molar-refractivity contribution in [1.82, 2.24) is 15.1 Å². The van der Waals surface area contributed by atoms with E-state index in [-0.39, 0.29) is 22.6 Å². The number of hydrogen-bond donors (Lipinski definition) is 1. The molecule has 0 aliphatic carbocycles. The Morgan fingerprint density at radius 2 is 1.90 bits per heavy atom. The van der Waals surface area contributed by atoms with Gasteiger partial charge in [0.2, 0.25) is 0 Å². The fourth-order valence-corrected chi connectivity index (χ4v) is 4.29. The van der Waals surface area contributed by atoms with E-state index in [0.29, 0.717) is 42.1 Å². The minimum Gasteiger partial charge on any atom is -0.381 e. The molecule has 2 aromatic carbocycles. The third-order valence-corrected chi connectivity index (χ3v) is 6.09. The number of aromatic nitrogens is 2. The van der Waals surface area contributed by atoms with Crippen LogP contribution in [0.15, 0.2) is 53.3 Å². The Morgan fingerprint density at radius 3 is 2.60 bits per heavy atom. The summed E-state index contributed by atoms with van der Waals surface area (Å²) in [5.41, 5.74) is 0.910. The van der Waals surface area contributed by atoms with E-state index in [9.17, 15) is 9.59 Å². The summed E-state index contributed by atoms with van der Waals surface area (Å²) in [4.78, 5) is 25.7. The summed E-state index contributed by atoms with van der Waals surface area (Å²) in [6, 6.07) is 14.9. The van der Waals surface area contributed by atoms with Crippen LogP contribution in [-0.4, -0.2) is 35.4 Å². The molecule has 30 heavy (non-hydrogen) atoms. The number of carbonyl (C=O) groups is 1. The van der Waals surface area contributed by atoms with E-state index in [1.54, 1.807) is 18.2 Å². The van der Waals surface area contributed by atoms with Crippen LogP contribution in [0.2, 0.25) is 5.02 Å². The van der Waals surface area contributed by atoms with Gasteiger partial charge in [-0.2, -0.15) is 5.10 Å². The largest absolute Gasteiger partial charge is 0.381 e. The monoisotopic (exact) mass is 425 g/mol. The van der Waals surface area contributed by atoms with Crippen LogP contribution in [0.3, 0.4) is 0 Å². The van der Waals surface area contributed by atoms with Gasteiger partial charge < -0.3 is 10.1 Å². The number of fused-ring (bicyclic) bond motifs is 1. The van der Waals surface area contributed by atoms with Crippen molar-refractivity contribution in [1.29, 1.82) is 0 Å². The third-order valence-electron chi connectivity index (χ3n) is 5.86. The summed E-state index contributed by atoms with van der Waals surface area (Å²) in [7, 11) is 0. The van der Waals surface area contributed by atoms with E-state index in [0.717, 1.165) is 18.4 Å². The maximum absolute atomic E-state index is 13.2. The molecule has 0 saturated carbocycles. The van der Waals surface area contributed by atoms with E-state index in [1.165, 1.54) is 4.68 Å². The van der Waals surface area contributed by atoms with Crippen LogP contribution in [0, 0.1) is 0 Å². The summed E-state index contributed by atoms with van der Waals surface area (Å²) in [6.07, 6.45) is 1.58. The number of carbonyl (C=O) groups excluding carboxylic acids is 1. The minimum atomic E-state index is -0.290. The van der Waals surface area contributed by atoms with Crippen LogP contribution in [0.1, 0.15) is 35.8 Å². The first-order valence-electron chi connectivity index (χ1n) is 10.2. The number of hydrogen-bond acceptors (Lipinski definition) is 4. The van der Waals surface area contributed by atoms with Gasteiger partial charge in [-0.25, -0.2) is 4.68 Å². The maximum Gasteiger partial charge on any atom is 0.274 e. The molecule has 156 valence electrons. The van der Waals surface area contributed by atoms with Crippen molar-refractivity contribution in [2.75, 3.05) is 19.8 Å². The maximum atomic E-state index is 13.2. The topological polar surface area (TPSA) is 73.2 Å². The summed E-state index contributed by atoms with van der Waals surface area (Å²) in [5.74, 6) is -0.290. The van der Waals surface area contributed by atoms with E-state index in [4.69, 9.17) is 16.3 Å². The predicted octanol–water partition coefficient (Wildman–Crippen LogP) is 3.55. The van der Waals surface area contributed by atoms with Gasteiger partial charge in [0.15, 0.2) is 5.69 Å². The van der Waals surface area contributed by atoms with Gasteiger partial charge in [-0.05, 0) is 43.5 Å². The number of benzene rings is 2.